The van der Waals surface area contributed by atoms with Gasteiger partial charge in [0.1, 0.15) is 0 Å². The molecular weight excluding hydrogens is 334 g/mol. The third-order valence-corrected chi connectivity index (χ3v) is 3.30. The van der Waals surface area contributed by atoms with Crippen LogP contribution in [-0.2, 0) is 4.79 Å². The van der Waals surface area contributed by atoms with Gasteiger partial charge in [0.25, 0.3) is 0 Å². The molecule has 1 atom stereocenters. The summed E-state index contributed by atoms with van der Waals surface area (Å²) in [6.07, 6.45) is 1.47. The van der Waals surface area contributed by atoms with Gasteiger partial charge in [-0.15, -0.1) is 5.10 Å². The quantitative estimate of drug-likeness (QED) is 0.714. The van der Waals surface area contributed by atoms with E-state index in [1.54, 1.807) is 0 Å². The second-order valence-corrected chi connectivity index (χ2v) is 5.06. The lowest BCUT2D eigenvalue weighted by Crippen LogP contribution is -2.23. The molecule has 0 spiro atoms. The molecule has 0 fully saturated rings. The van der Waals surface area contributed by atoms with Crippen LogP contribution in [0.3, 0.4) is 0 Å². The van der Waals surface area contributed by atoms with E-state index in [4.69, 9.17) is 9.84 Å². The fraction of sp³-hybridized carbons (Fsp3) is 0.125. The molecule has 0 saturated carbocycles. The van der Waals surface area contributed by atoms with Gasteiger partial charge in [-0.25, -0.2) is 23.8 Å². The molecule has 3 rings (SSSR count). The minimum absolute atomic E-state index is 0.0423. The van der Waals surface area contributed by atoms with Gasteiger partial charge in [0.15, 0.2) is 17.7 Å². The normalized spacial score (nSPS) is 12.0. The molecule has 1 N–H and O–H groups in total. The Morgan fingerprint density at radius 1 is 1.28 bits per heavy atom. The molecule has 3 heterocycles. The lowest BCUT2D eigenvalue weighted by Gasteiger charge is -2.07. The standard InChI is InChI=1S/C16H12F2N4O3/c1-9(16(23)24)25-14-7-12(10-4-5-13(18)20-8-10)22(21-14)15-11(17)3-2-6-19-15/h2-9H,1H3,(H,23,24). The van der Waals surface area contributed by atoms with Crippen molar-refractivity contribution in [2.45, 2.75) is 13.0 Å². The Hall–Kier alpha value is -3.36. The summed E-state index contributed by atoms with van der Waals surface area (Å²) in [7, 11) is 0. The van der Waals surface area contributed by atoms with E-state index in [1.165, 1.54) is 43.6 Å². The molecule has 25 heavy (non-hydrogen) atoms. The predicted molar refractivity (Wildman–Crippen MR) is 82.2 cm³/mol. The lowest BCUT2D eigenvalue weighted by atomic mass is 10.2. The number of carboxylic acid groups (broad SMARTS) is 1. The molecule has 128 valence electrons. The summed E-state index contributed by atoms with van der Waals surface area (Å²) >= 11 is 0. The van der Waals surface area contributed by atoms with Crippen molar-refractivity contribution in [1.29, 1.82) is 0 Å². The number of aliphatic carboxylic acids is 1. The number of carbonyl (C=O) groups is 1. The van der Waals surface area contributed by atoms with Crippen molar-refractivity contribution in [2.24, 2.45) is 0 Å². The first-order valence-electron chi connectivity index (χ1n) is 7.18. The van der Waals surface area contributed by atoms with Crippen LogP contribution in [0.4, 0.5) is 8.78 Å². The lowest BCUT2D eigenvalue weighted by molar-refractivity contribution is -0.144. The molecule has 0 aromatic carbocycles. The van der Waals surface area contributed by atoms with Gasteiger partial charge in [0.2, 0.25) is 11.8 Å². The minimum atomic E-state index is -1.18. The van der Waals surface area contributed by atoms with E-state index in [0.29, 0.717) is 11.3 Å². The summed E-state index contributed by atoms with van der Waals surface area (Å²) in [5.74, 6) is -2.64. The molecule has 0 saturated heterocycles. The molecule has 3 aromatic heterocycles. The molecule has 9 heteroatoms. The second-order valence-electron chi connectivity index (χ2n) is 5.06. The monoisotopic (exact) mass is 346 g/mol. The van der Waals surface area contributed by atoms with Crippen LogP contribution in [0.25, 0.3) is 17.1 Å². The molecule has 0 radical (unpaired) electrons. The SMILES string of the molecule is CC(Oc1cc(-c2ccc(F)nc2)n(-c2ncccc2F)n1)C(=O)O. The number of hydrogen-bond acceptors (Lipinski definition) is 5. The van der Waals surface area contributed by atoms with E-state index in [0.717, 1.165) is 10.7 Å². The maximum Gasteiger partial charge on any atom is 0.344 e. The first-order valence-corrected chi connectivity index (χ1v) is 7.18. The average Bonchev–Trinajstić information content (AvgIpc) is 2.99. The van der Waals surface area contributed by atoms with Crippen molar-refractivity contribution in [3.8, 4) is 23.0 Å². The van der Waals surface area contributed by atoms with Gasteiger partial charge < -0.3 is 9.84 Å². The molecule has 3 aromatic rings. The van der Waals surface area contributed by atoms with Crippen LogP contribution >= 0.6 is 0 Å². The molecule has 0 amide bonds. The topological polar surface area (TPSA) is 90.1 Å². The van der Waals surface area contributed by atoms with Gasteiger partial charge in [-0.1, -0.05) is 0 Å². The van der Waals surface area contributed by atoms with Crippen molar-refractivity contribution in [1.82, 2.24) is 19.7 Å². The molecular formula is C16H12F2N4O3. The van der Waals surface area contributed by atoms with E-state index < -0.39 is 23.8 Å². The summed E-state index contributed by atoms with van der Waals surface area (Å²) in [6.45, 7) is 1.34. The number of ether oxygens (including phenoxy) is 1. The van der Waals surface area contributed by atoms with Crippen LogP contribution < -0.4 is 4.74 Å². The first kappa shape index (κ1) is 16.5. The Kier molecular flexibility index (Phi) is 4.38. The highest BCUT2D eigenvalue weighted by molar-refractivity contribution is 5.72. The number of halogens is 2. The fourth-order valence-electron chi connectivity index (χ4n) is 2.08. The van der Waals surface area contributed by atoms with E-state index in [1.807, 2.05) is 0 Å². The van der Waals surface area contributed by atoms with E-state index in [2.05, 4.69) is 15.1 Å². The third kappa shape index (κ3) is 3.44. The number of aromatic nitrogens is 4. The van der Waals surface area contributed by atoms with Crippen molar-refractivity contribution in [2.75, 3.05) is 0 Å². The number of hydrogen-bond donors (Lipinski definition) is 1. The van der Waals surface area contributed by atoms with Gasteiger partial charge in [0, 0.05) is 24.0 Å². The second kappa shape index (κ2) is 6.63. The molecule has 0 aliphatic rings. The zero-order chi connectivity index (χ0) is 18.0. The zero-order valence-corrected chi connectivity index (χ0v) is 12.9. The highest BCUT2D eigenvalue weighted by Gasteiger charge is 2.20. The van der Waals surface area contributed by atoms with E-state index in [-0.39, 0.29) is 11.7 Å². The Bertz CT molecular complexity index is 912. The van der Waals surface area contributed by atoms with E-state index in [9.17, 15) is 13.6 Å². The number of rotatable bonds is 5. The van der Waals surface area contributed by atoms with Crippen molar-refractivity contribution < 1.29 is 23.4 Å². The number of pyridine rings is 2. The van der Waals surface area contributed by atoms with Crippen LogP contribution in [0.2, 0.25) is 0 Å². The maximum absolute atomic E-state index is 14.1. The molecule has 0 aliphatic carbocycles. The van der Waals surface area contributed by atoms with Crippen LogP contribution in [0.5, 0.6) is 5.88 Å². The molecule has 0 aliphatic heterocycles. The van der Waals surface area contributed by atoms with Crippen LogP contribution in [0.15, 0.2) is 42.7 Å². The third-order valence-electron chi connectivity index (χ3n) is 3.30. The zero-order valence-electron chi connectivity index (χ0n) is 12.9. The Balaban J connectivity index is 2.11. The summed E-state index contributed by atoms with van der Waals surface area (Å²) in [5, 5.41) is 13.0. The largest absolute Gasteiger partial charge is 0.479 e. The number of nitrogens with zero attached hydrogens (tertiary/aromatic N) is 4. The Morgan fingerprint density at radius 3 is 2.72 bits per heavy atom. The molecule has 1 unspecified atom stereocenters. The van der Waals surface area contributed by atoms with Crippen molar-refractivity contribution in [3.05, 3.63) is 54.5 Å². The average molecular weight is 346 g/mol. The molecule has 0 bridgehead atoms. The highest BCUT2D eigenvalue weighted by Crippen LogP contribution is 2.27. The fourth-order valence-corrected chi connectivity index (χ4v) is 2.08. The number of carboxylic acids is 1. The summed E-state index contributed by atoms with van der Waals surface area (Å²) in [4.78, 5) is 18.4. The summed E-state index contributed by atoms with van der Waals surface area (Å²) < 4.78 is 33.5. The van der Waals surface area contributed by atoms with Crippen LogP contribution in [0.1, 0.15) is 6.92 Å². The van der Waals surface area contributed by atoms with Gasteiger partial charge >= 0.3 is 5.97 Å². The summed E-state index contributed by atoms with van der Waals surface area (Å²) in [6, 6.07) is 6.61. The highest BCUT2D eigenvalue weighted by atomic mass is 19.1. The Labute approximate surface area is 140 Å². The van der Waals surface area contributed by atoms with Gasteiger partial charge in [-0.05, 0) is 31.2 Å². The summed E-state index contributed by atoms with van der Waals surface area (Å²) in [5.41, 5.74) is 0.745. The predicted octanol–water partition coefficient (Wildman–Crippen LogP) is 2.46. The molecule has 7 nitrogen and oxygen atoms in total. The van der Waals surface area contributed by atoms with Crippen molar-refractivity contribution in [3.63, 3.8) is 0 Å². The van der Waals surface area contributed by atoms with Gasteiger partial charge in [-0.2, -0.15) is 4.39 Å². The van der Waals surface area contributed by atoms with Crippen molar-refractivity contribution >= 4 is 5.97 Å². The van der Waals surface area contributed by atoms with Gasteiger partial charge in [-0.3, -0.25) is 0 Å². The maximum atomic E-state index is 14.1. The van der Waals surface area contributed by atoms with Gasteiger partial charge in [0.05, 0.1) is 5.69 Å². The van der Waals surface area contributed by atoms with E-state index >= 15 is 0 Å². The smallest absolute Gasteiger partial charge is 0.344 e. The van der Waals surface area contributed by atoms with Crippen LogP contribution in [-0.4, -0.2) is 36.9 Å². The Morgan fingerprint density at radius 2 is 2.08 bits per heavy atom. The first-order chi connectivity index (χ1) is 12.0. The van der Waals surface area contributed by atoms with Crippen LogP contribution in [0, 0.1) is 11.8 Å². The minimum Gasteiger partial charge on any atom is -0.479 e.